The molecule has 1 unspecified atom stereocenters. The molecule has 0 radical (unpaired) electrons. The van der Waals surface area contributed by atoms with Crippen molar-refractivity contribution >= 4 is 21.6 Å². The molecule has 10 heteroatoms. The van der Waals surface area contributed by atoms with Gasteiger partial charge in [0.2, 0.25) is 0 Å². The molecule has 0 fully saturated rings. The van der Waals surface area contributed by atoms with E-state index in [4.69, 9.17) is 0 Å². The van der Waals surface area contributed by atoms with E-state index in [0.29, 0.717) is 5.56 Å². The summed E-state index contributed by atoms with van der Waals surface area (Å²) >= 11 is 0. The number of nitrogens with zero attached hydrogens (tertiary/aromatic N) is 3. The average Bonchev–Trinajstić information content (AvgIpc) is 3.36. The van der Waals surface area contributed by atoms with E-state index in [1.54, 1.807) is 24.0 Å². The second-order valence-electron chi connectivity index (χ2n) is 7.69. The summed E-state index contributed by atoms with van der Waals surface area (Å²) in [7, 11) is -4.10. The molecule has 0 aliphatic heterocycles. The highest BCUT2D eigenvalue weighted by Crippen LogP contribution is 2.22. The van der Waals surface area contributed by atoms with Gasteiger partial charge in [0.15, 0.2) is 0 Å². The maximum atomic E-state index is 13.9. The average molecular weight is 480 g/mol. The number of para-hydroxylation sites is 1. The molecule has 0 saturated carbocycles. The van der Waals surface area contributed by atoms with Crippen LogP contribution in [0.5, 0.6) is 0 Å². The van der Waals surface area contributed by atoms with Crippen LogP contribution in [0.15, 0.2) is 84.3 Å². The largest absolute Gasteiger partial charge is 0.346 e. The Morgan fingerprint density at radius 3 is 2.47 bits per heavy atom. The number of anilines is 1. The SMILES string of the molecule is Cc1ccc(S(=O)(=O)Nc2ccccc2F)cc1C(=O)NC(C)c1ccc(-n2cncn2)cc1. The van der Waals surface area contributed by atoms with Crippen LogP contribution in [0.3, 0.4) is 0 Å². The number of carbonyl (C=O) groups excluding carboxylic acids is 1. The van der Waals surface area contributed by atoms with Gasteiger partial charge in [-0.05, 0) is 61.4 Å². The van der Waals surface area contributed by atoms with Crippen molar-refractivity contribution in [1.29, 1.82) is 0 Å². The van der Waals surface area contributed by atoms with Gasteiger partial charge < -0.3 is 5.32 Å². The molecular weight excluding hydrogens is 457 g/mol. The van der Waals surface area contributed by atoms with E-state index in [2.05, 4.69) is 20.1 Å². The summed E-state index contributed by atoms with van der Waals surface area (Å²) in [5.41, 5.74) is 2.34. The van der Waals surface area contributed by atoms with Crippen LogP contribution in [-0.4, -0.2) is 29.1 Å². The van der Waals surface area contributed by atoms with Crippen LogP contribution in [0, 0.1) is 12.7 Å². The Morgan fingerprint density at radius 2 is 1.79 bits per heavy atom. The summed E-state index contributed by atoms with van der Waals surface area (Å²) in [4.78, 5) is 16.8. The van der Waals surface area contributed by atoms with Crippen LogP contribution >= 0.6 is 0 Å². The lowest BCUT2D eigenvalue weighted by Gasteiger charge is -2.17. The lowest BCUT2D eigenvalue weighted by atomic mass is 10.1. The number of hydrogen-bond acceptors (Lipinski definition) is 5. The van der Waals surface area contributed by atoms with Crippen molar-refractivity contribution in [3.8, 4) is 5.69 Å². The van der Waals surface area contributed by atoms with Crippen LogP contribution in [0.25, 0.3) is 5.69 Å². The first-order valence-electron chi connectivity index (χ1n) is 10.4. The number of nitrogens with one attached hydrogen (secondary N) is 2. The summed E-state index contributed by atoms with van der Waals surface area (Å²) < 4.78 is 43.4. The molecule has 34 heavy (non-hydrogen) atoms. The third kappa shape index (κ3) is 4.96. The van der Waals surface area contributed by atoms with Crippen LogP contribution in [0.1, 0.15) is 34.5 Å². The van der Waals surface area contributed by atoms with E-state index < -0.39 is 21.7 Å². The standard InChI is InChI=1S/C24H22FN5O3S/c1-16-7-12-20(34(32,33)29-23-6-4-3-5-22(23)25)13-21(16)24(31)28-17(2)18-8-10-19(11-9-18)30-15-26-14-27-30/h3-15,17,29H,1-2H3,(H,28,31). The minimum absolute atomic E-state index is 0.142. The van der Waals surface area contributed by atoms with E-state index in [1.807, 2.05) is 31.2 Å². The first kappa shape index (κ1) is 23.1. The Bertz CT molecular complexity index is 1420. The minimum Gasteiger partial charge on any atom is -0.346 e. The highest BCUT2D eigenvalue weighted by molar-refractivity contribution is 7.92. The van der Waals surface area contributed by atoms with Gasteiger partial charge in [0.05, 0.1) is 22.3 Å². The van der Waals surface area contributed by atoms with Gasteiger partial charge in [-0.2, -0.15) is 5.10 Å². The van der Waals surface area contributed by atoms with Crippen LogP contribution < -0.4 is 10.0 Å². The Morgan fingerprint density at radius 1 is 1.06 bits per heavy atom. The zero-order valence-corrected chi connectivity index (χ0v) is 19.3. The molecule has 174 valence electrons. The van der Waals surface area contributed by atoms with Crippen LogP contribution in [-0.2, 0) is 10.0 Å². The van der Waals surface area contributed by atoms with Crippen molar-refractivity contribution in [2.24, 2.45) is 0 Å². The van der Waals surface area contributed by atoms with Gasteiger partial charge in [0, 0.05) is 5.56 Å². The molecule has 1 atom stereocenters. The number of hydrogen-bond donors (Lipinski definition) is 2. The second kappa shape index (κ2) is 9.44. The molecule has 0 saturated heterocycles. The van der Waals surface area contributed by atoms with Gasteiger partial charge >= 0.3 is 0 Å². The van der Waals surface area contributed by atoms with Crippen LogP contribution in [0.2, 0.25) is 0 Å². The van der Waals surface area contributed by atoms with E-state index in [0.717, 1.165) is 17.3 Å². The Labute approximate surface area is 196 Å². The predicted octanol–water partition coefficient (Wildman–Crippen LogP) is 4.01. The van der Waals surface area contributed by atoms with E-state index in [-0.39, 0.29) is 22.2 Å². The Balaban J connectivity index is 1.52. The first-order valence-corrected chi connectivity index (χ1v) is 11.9. The molecular formula is C24H22FN5O3S. The number of aromatic nitrogens is 3. The van der Waals surface area contributed by atoms with Crippen molar-refractivity contribution in [1.82, 2.24) is 20.1 Å². The fraction of sp³-hybridized carbons (Fsp3) is 0.125. The van der Waals surface area contributed by atoms with Crippen molar-refractivity contribution in [3.05, 3.63) is 102 Å². The number of halogens is 1. The molecule has 0 aliphatic carbocycles. The molecule has 0 aliphatic rings. The molecule has 1 amide bonds. The molecule has 1 heterocycles. The molecule has 3 aromatic carbocycles. The molecule has 8 nitrogen and oxygen atoms in total. The topological polar surface area (TPSA) is 106 Å². The first-order chi connectivity index (χ1) is 16.2. The lowest BCUT2D eigenvalue weighted by Crippen LogP contribution is -2.27. The molecule has 2 N–H and O–H groups in total. The number of sulfonamides is 1. The lowest BCUT2D eigenvalue weighted by molar-refractivity contribution is 0.0939. The smallest absolute Gasteiger partial charge is 0.262 e. The summed E-state index contributed by atoms with van der Waals surface area (Å²) in [6.07, 6.45) is 3.03. The quantitative estimate of drug-likeness (QED) is 0.417. The van der Waals surface area contributed by atoms with Crippen molar-refractivity contribution in [2.45, 2.75) is 24.8 Å². The summed E-state index contributed by atoms with van der Waals surface area (Å²) in [6, 6.07) is 16.8. The number of benzene rings is 3. The fourth-order valence-corrected chi connectivity index (χ4v) is 4.47. The molecule has 0 spiro atoms. The zero-order valence-electron chi connectivity index (χ0n) is 18.4. The number of carbonyl (C=O) groups is 1. The number of aryl methyl sites for hydroxylation is 1. The summed E-state index contributed by atoms with van der Waals surface area (Å²) in [6.45, 7) is 3.55. The van der Waals surface area contributed by atoms with Gasteiger partial charge in [-0.3, -0.25) is 9.52 Å². The summed E-state index contributed by atoms with van der Waals surface area (Å²) in [5, 5.41) is 6.97. The van der Waals surface area contributed by atoms with Crippen LogP contribution in [0.4, 0.5) is 10.1 Å². The predicted molar refractivity (Wildman–Crippen MR) is 126 cm³/mol. The van der Waals surface area contributed by atoms with Gasteiger partial charge in [0.25, 0.3) is 15.9 Å². The Hall–Kier alpha value is -4.05. The molecule has 4 rings (SSSR count). The Kier molecular flexibility index (Phi) is 6.42. The van der Waals surface area contributed by atoms with Crippen molar-refractivity contribution in [3.63, 3.8) is 0 Å². The maximum absolute atomic E-state index is 13.9. The maximum Gasteiger partial charge on any atom is 0.262 e. The minimum atomic E-state index is -4.10. The van der Waals surface area contributed by atoms with Gasteiger partial charge in [-0.1, -0.05) is 30.3 Å². The third-order valence-corrected chi connectivity index (χ3v) is 6.67. The molecule has 4 aromatic rings. The monoisotopic (exact) mass is 479 g/mol. The summed E-state index contributed by atoms with van der Waals surface area (Å²) in [5.74, 6) is -1.12. The van der Waals surface area contributed by atoms with E-state index >= 15 is 0 Å². The van der Waals surface area contributed by atoms with E-state index in [1.165, 1.54) is 36.7 Å². The molecule has 0 bridgehead atoms. The second-order valence-corrected chi connectivity index (χ2v) is 9.37. The third-order valence-electron chi connectivity index (χ3n) is 5.31. The number of rotatable bonds is 7. The van der Waals surface area contributed by atoms with Gasteiger partial charge in [-0.15, -0.1) is 0 Å². The zero-order chi connectivity index (χ0) is 24.3. The highest BCUT2D eigenvalue weighted by atomic mass is 32.2. The van der Waals surface area contributed by atoms with Crippen molar-refractivity contribution in [2.75, 3.05) is 4.72 Å². The van der Waals surface area contributed by atoms with Gasteiger partial charge in [0.1, 0.15) is 18.5 Å². The van der Waals surface area contributed by atoms with E-state index in [9.17, 15) is 17.6 Å². The molecule has 1 aromatic heterocycles. The highest BCUT2D eigenvalue weighted by Gasteiger charge is 2.20. The van der Waals surface area contributed by atoms with Gasteiger partial charge in [-0.25, -0.2) is 22.5 Å². The number of amides is 1. The van der Waals surface area contributed by atoms with Crippen molar-refractivity contribution < 1.29 is 17.6 Å². The normalized spacial score (nSPS) is 12.2. The fourth-order valence-electron chi connectivity index (χ4n) is 3.38.